The second-order valence-electron chi connectivity index (χ2n) is 4.91. The molecule has 0 saturated heterocycles. The van der Waals surface area contributed by atoms with Crippen LogP contribution in [0.2, 0.25) is 0 Å². The van der Waals surface area contributed by atoms with Gasteiger partial charge >= 0.3 is 0 Å². The van der Waals surface area contributed by atoms with Crippen molar-refractivity contribution < 1.29 is 8.78 Å². The zero-order chi connectivity index (χ0) is 13.7. The van der Waals surface area contributed by atoms with Gasteiger partial charge in [0.25, 0.3) is 0 Å². The molecule has 18 heavy (non-hydrogen) atoms. The van der Waals surface area contributed by atoms with Gasteiger partial charge in [-0.1, -0.05) is 26.8 Å². The molecule has 0 heterocycles. The van der Waals surface area contributed by atoms with Crippen molar-refractivity contribution in [2.75, 3.05) is 19.6 Å². The minimum absolute atomic E-state index is 0.0625. The fourth-order valence-corrected chi connectivity index (χ4v) is 2.16. The van der Waals surface area contributed by atoms with E-state index in [9.17, 15) is 8.78 Å². The first-order chi connectivity index (χ1) is 8.49. The first kappa shape index (κ1) is 15.1. The summed E-state index contributed by atoms with van der Waals surface area (Å²) >= 11 is 0. The van der Waals surface area contributed by atoms with E-state index in [0.29, 0.717) is 12.5 Å². The molecular weight excluding hydrogens is 234 g/mol. The Bertz CT molecular complexity index is 380. The SMILES string of the molecule is CCN(CC(C)C)C(CN)c1ccc(F)c(F)c1. The van der Waals surface area contributed by atoms with Crippen molar-refractivity contribution in [3.63, 3.8) is 0 Å². The molecule has 1 aromatic rings. The summed E-state index contributed by atoms with van der Waals surface area (Å²) in [6.45, 7) is 8.41. The van der Waals surface area contributed by atoms with Crippen molar-refractivity contribution in [1.29, 1.82) is 0 Å². The predicted molar refractivity (Wildman–Crippen MR) is 70.2 cm³/mol. The van der Waals surface area contributed by atoms with Crippen molar-refractivity contribution >= 4 is 0 Å². The number of hydrogen-bond donors (Lipinski definition) is 1. The number of halogens is 2. The van der Waals surface area contributed by atoms with Crippen LogP contribution in [0.3, 0.4) is 0 Å². The molecule has 1 atom stereocenters. The third-order valence-corrected chi connectivity index (χ3v) is 3.00. The standard InChI is InChI=1S/C14H22F2N2/c1-4-18(9-10(2)3)14(8-17)11-5-6-12(15)13(16)7-11/h5-7,10,14H,4,8-9,17H2,1-3H3. The Labute approximate surface area is 108 Å². The highest BCUT2D eigenvalue weighted by atomic mass is 19.2. The summed E-state index contributed by atoms with van der Waals surface area (Å²) in [5, 5.41) is 0. The van der Waals surface area contributed by atoms with Gasteiger partial charge in [0.05, 0.1) is 0 Å². The highest BCUT2D eigenvalue weighted by molar-refractivity contribution is 5.21. The molecule has 1 rings (SSSR count). The smallest absolute Gasteiger partial charge is 0.159 e. The van der Waals surface area contributed by atoms with Gasteiger partial charge in [-0.3, -0.25) is 4.90 Å². The molecule has 1 unspecified atom stereocenters. The molecule has 0 aliphatic heterocycles. The van der Waals surface area contributed by atoms with Crippen molar-refractivity contribution in [2.45, 2.75) is 26.8 Å². The Balaban J connectivity index is 2.95. The van der Waals surface area contributed by atoms with Gasteiger partial charge in [-0.25, -0.2) is 8.78 Å². The maximum atomic E-state index is 13.3. The highest BCUT2D eigenvalue weighted by Gasteiger charge is 2.19. The van der Waals surface area contributed by atoms with Gasteiger partial charge in [-0.15, -0.1) is 0 Å². The van der Waals surface area contributed by atoms with E-state index in [4.69, 9.17) is 5.73 Å². The molecule has 0 aliphatic rings. The van der Waals surface area contributed by atoms with E-state index >= 15 is 0 Å². The lowest BCUT2D eigenvalue weighted by molar-refractivity contribution is 0.189. The van der Waals surface area contributed by atoms with Gasteiger partial charge in [-0.05, 0) is 30.2 Å². The lowest BCUT2D eigenvalue weighted by Gasteiger charge is -2.31. The maximum Gasteiger partial charge on any atom is 0.159 e. The van der Waals surface area contributed by atoms with Gasteiger partial charge in [0.15, 0.2) is 11.6 Å². The fourth-order valence-electron chi connectivity index (χ4n) is 2.16. The van der Waals surface area contributed by atoms with Crippen LogP contribution in [-0.2, 0) is 0 Å². The molecule has 102 valence electrons. The molecule has 2 nitrogen and oxygen atoms in total. The second-order valence-corrected chi connectivity index (χ2v) is 4.91. The van der Waals surface area contributed by atoms with Crippen molar-refractivity contribution in [3.05, 3.63) is 35.4 Å². The van der Waals surface area contributed by atoms with Crippen LogP contribution in [0.1, 0.15) is 32.4 Å². The van der Waals surface area contributed by atoms with E-state index in [1.807, 2.05) is 6.92 Å². The van der Waals surface area contributed by atoms with Crippen LogP contribution >= 0.6 is 0 Å². The topological polar surface area (TPSA) is 29.3 Å². The largest absolute Gasteiger partial charge is 0.329 e. The van der Waals surface area contributed by atoms with E-state index < -0.39 is 11.6 Å². The Hall–Kier alpha value is -1.00. The summed E-state index contributed by atoms with van der Waals surface area (Å²) < 4.78 is 26.2. The molecule has 0 saturated carbocycles. The van der Waals surface area contributed by atoms with Crippen LogP contribution in [-0.4, -0.2) is 24.5 Å². The summed E-state index contributed by atoms with van der Waals surface area (Å²) in [5.41, 5.74) is 6.52. The zero-order valence-corrected chi connectivity index (χ0v) is 11.3. The third kappa shape index (κ3) is 3.75. The zero-order valence-electron chi connectivity index (χ0n) is 11.3. The van der Waals surface area contributed by atoms with E-state index in [-0.39, 0.29) is 6.04 Å². The van der Waals surface area contributed by atoms with Gasteiger partial charge in [0.1, 0.15) is 0 Å². The summed E-state index contributed by atoms with van der Waals surface area (Å²) in [5.74, 6) is -1.13. The Morgan fingerprint density at radius 2 is 1.89 bits per heavy atom. The fraction of sp³-hybridized carbons (Fsp3) is 0.571. The molecule has 0 spiro atoms. The van der Waals surface area contributed by atoms with Crippen LogP contribution in [0.15, 0.2) is 18.2 Å². The van der Waals surface area contributed by atoms with Gasteiger partial charge in [0.2, 0.25) is 0 Å². The van der Waals surface area contributed by atoms with Crippen LogP contribution in [0.5, 0.6) is 0 Å². The Morgan fingerprint density at radius 3 is 2.33 bits per heavy atom. The Morgan fingerprint density at radius 1 is 1.22 bits per heavy atom. The average Bonchev–Trinajstić information content (AvgIpc) is 2.32. The first-order valence-corrected chi connectivity index (χ1v) is 6.38. The van der Waals surface area contributed by atoms with E-state index in [0.717, 1.165) is 24.7 Å². The Kier molecular flexibility index (Phi) is 5.69. The van der Waals surface area contributed by atoms with Crippen LogP contribution in [0, 0.1) is 17.6 Å². The molecule has 4 heteroatoms. The first-order valence-electron chi connectivity index (χ1n) is 6.38. The normalized spacial score (nSPS) is 13.3. The minimum Gasteiger partial charge on any atom is -0.329 e. The maximum absolute atomic E-state index is 13.3. The third-order valence-electron chi connectivity index (χ3n) is 3.00. The second kappa shape index (κ2) is 6.81. The van der Waals surface area contributed by atoms with Crippen molar-refractivity contribution in [3.8, 4) is 0 Å². The van der Waals surface area contributed by atoms with E-state index in [1.54, 1.807) is 6.07 Å². The summed E-state index contributed by atoms with van der Waals surface area (Å²) in [6, 6.07) is 3.96. The van der Waals surface area contributed by atoms with Crippen molar-refractivity contribution in [2.24, 2.45) is 11.7 Å². The molecule has 0 fully saturated rings. The monoisotopic (exact) mass is 256 g/mol. The highest BCUT2D eigenvalue weighted by Crippen LogP contribution is 2.22. The molecule has 1 aromatic carbocycles. The molecule has 0 amide bonds. The number of hydrogen-bond acceptors (Lipinski definition) is 2. The lowest BCUT2D eigenvalue weighted by Crippen LogP contribution is -2.36. The molecule has 0 bridgehead atoms. The van der Waals surface area contributed by atoms with Gasteiger partial charge in [-0.2, -0.15) is 0 Å². The van der Waals surface area contributed by atoms with Crippen molar-refractivity contribution in [1.82, 2.24) is 4.90 Å². The van der Waals surface area contributed by atoms with Gasteiger partial charge in [0, 0.05) is 19.1 Å². The number of nitrogens with two attached hydrogens (primary N) is 1. The quantitative estimate of drug-likeness (QED) is 0.848. The number of likely N-dealkylation sites (N-methyl/N-ethyl adjacent to an activating group) is 1. The number of rotatable bonds is 6. The molecule has 0 radical (unpaired) electrons. The number of nitrogens with zero attached hydrogens (tertiary/aromatic N) is 1. The van der Waals surface area contributed by atoms with Crippen LogP contribution in [0.4, 0.5) is 8.78 Å². The summed E-state index contributed by atoms with van der Waals surface area (Å²) in [7, 11) is 0. The molecule has 0 aromatic heterocycles. The van der Waals surface area contributed by atoms with E-state index in [2.05, 4.69) is 18.7 Å². The predicted octanol–water partition coefficient (Wildman–Crippen LogP) is 2.94. The van der Waals surface area contributed by atoms with E-state index in [1.165, 1.54) is 6.07 Å². The molecule has 2 N–H and O–H groups in total. The van der Waals surface area contributed by atoms with Gasteiger partial charge < -0.3 is 5.73 Å². The molecular formula is C14H22F2N2. The van der Waals surface area contributed by atoms with Crippen LogP contribution in [0.25, 0.3) is 0 Å². The summed E-state index contributed by atoms with van der Waals surface area (Å²) in [6.07, 6.45) is 0. The summed E-state index contributed by atoms with van der Waals surface area (Å²) in [4.78, 5) is 2.19. The number of benzene rings is 1. The molecule has 0 aliphatic carbocycles. The van der Waals surface area contributed by atoms with Crippen LogP contribution < -0.4 is 5.73 Å². The lowest BCUT2D eigenvalue weighted by atomic mass is 10.0. The average molecular weight is 256 g/mol. The minimum atomic E-state index is -0.818.